The van der Waals surface area contributed by atoms with Gasteiger partial charge in [0, 0.05) is 12.1 Å². The third kappa shape index (κ3) is 4.49. The van der Waals surface area contributed by atoms with E-state index in [-0.39, 0.29) is 11.7 Å². The molecule has 3 nitrogen and oxygen atoms in total. The van der Waals surface area contributed by atoms with E-state index in [1.807, 2.05) is 0 Å². The van der Waals surface area contributed by atoms with Crippen molar-refractivity contribution in [1.82, 2.24) is 0 Å². The fourth-order valence-electron chi connectivity index (χ4n) is 5.10. The van der Waals surface area contributed by atoms with Gasteiger partial charge in [-0.15, -0.1) is 0 Å². The van der Waals surface area contributed by atoms with Crippen molar-refractivity contribution >= 4 is 5.97 Å². The number of rotatable bonds is 5. The lowest BCUT2D eigenvalue weighted by atomic mass is 9.74. The monoisotopic (exact) mass is 423 g/mol. The Hall–Kier alpha value is -2.74. The molecule has 31 heavy (non-hydrogen) atoms. The summed E-state index contributed by atoms with van der Waals surface area (Å²) < 4.78 is 32.9. The lowest BCUT2D eigenvalue weighted by Crippen LogP contribution is -2.28. The van der Waals surface area contributed by atoms with Crippen molar-refractivity contribution in [3.8, 4) is 11.8 Å². The van der Waals surface area contributed by atoms with Gasteiger partial charge in [-0.25, -0.2) is 8.78 Å². The topological polar surface area (TPSA) is 50.1 Å². The fraction of sp³-hybridized carbons (Fsp3) is 0.462. The molecule has 0 N–H and O–H groups in total. The summed E-state index contributed by atoms with van der Waals surface area (Å²) in [5.74, 6) is -2.29. The summed E-state index contributed by atoms with van der Waals surface area (Å²) in [5, 5.41) is 8.77. The molecule has 4 rings (SSSR count). The van der Waals surface area contributed by atoms with E-state index in [2.05, 4.69) is 19.1 Å². The van der Waals surface area contributed by atoms with E-state index in [1.54, 1.807) is 0 Å². The van der Waals surface area contributed by atoms with Crippen molar-refractivity contribution in [1.29, 1.82) is 5.26 Å². The first kappa shape index (κ1) is 21.5. The second-order valence-corrected chi connectivity index (χ2v) is 8.83. The Bertz CT molecular complexity index is 1020. The van der Waals surface area contributed by atoms with Crippen LogP contribution in [0.4, 0.5) is 8.78 Å². The van der Waals surface area contributed by atoms with Gasteiger partial charge in [-0.2, -0.15) is 5.26 Å². The van der Waals surface area contributed by atoms with Crippen LogP contribution in [0.15, 0.2) is 24.3 Å². The molecule has 0 bridgehead atoms. The van der Waals surface area contributed by atoms with E-state index in [9.17, 15) is 13.6 Å². The fourth-order valence-corrected chi connectivity index (χ4v) is 5.10. The second kappa shape index (κ2) is 9.18. The minimum Gasteiger partial charge on any atom is -0.426 e. The molecule has 0 amide bonds. The number of benzene rings is 2. The quantitative estimate of drug-likeness (QED) is 0.448. The molecule has 0 spiro atoms. The first-order chi connectivity index (χ1) is 15.0. The number of esters is 1. The third-order valence-electron chi connectivity index (χ3n) is 6.79. The van der Waals surface area contributed by atoms with E-state index in [4.69, 9.17) is 10.00 Å². The van der Waals surface area contributed by atoms with Crippen molar-refractivity contribution in [2.75, 3.05) is 0 Å². The van der Waals surface area contributed by atoms with E-state index < -0.39 is 23.2 Å². The average molecular weight is 424 g/mol. The van der Waals surface area contributed by atoms with E-state index in [0.29, 0.717) is 12.8 Å². The van der Waals surface area contributed by atoms with Crippen LogP contribution < -0.4 is 4.74 Å². The van der Waals surface area contributed by atoms with Crippen LogP contribution in [0, 0.1) is 34.8 Å². The SMILES string of the molecule is CCCC[C@H]1CCc2c(ccc3c2CC[C@H](C(=O)Oc2cc(F)c(C#N)c(F)c2)C3)C1. The maximum Gasteiger partial charge on any atom is 0.314 e. The highest BCUT2D eigenvalue weighted by Gasteiger charge is 2.30. The highest BCUT2D eigenvalue weighted by atomic mass is 19.1. The first-order valence-electron chi connectivity index (χ1n) is 11.2. The van der Waals surface area contributed by atoms with Gasteiger partial charge < -0.3 is 4.74 Å². The normalized spacial score (nSPS) is 19.8. The van der Waals surface area contributed by atoms with Gasteiger partial charge in [-0.3, -0.25) is 4.79 Å². The second-order valence-electron chi connectivity index (χ2n) is 8.83. The van der Waals surface area contributed by atoms with Crippen LogP contribution in [0.3, 0.4) is 0 Å². The van der Waals surface area contributed by atoms with Crippen LogP contribution in [0.2, 0.25) is 0 Å². The zero-order valence-electron chi connectivity index (χ0n) is 17.8. The Morgan fingerprint density at radius 1 is 1.10 bits per heavy atom. The largest absolute Gasteiger partial charge is 0.426 e. The Morgan fingerprint density at radius 3 is 2.39 bits per heavy atom. The van der Waals surface area contributed by atoms with Crippen LogP contribution in [-0.2, 0) is 30.5 Å². The number of hydrogen-bond donors (Lipinski definition) is 0. The molecule has 0 heterocycles. The molecule has 2 aromatic rings. The lowest BCUT2D eigenvalue weighted by molar-refractivity contribution is -0.139. The number of ether oxygens (including phenoxy) is 1. The number of unbranched alkanes of at least 4 members (excludes halogenated alkanes) is 1. The molecule has 0 fully saturated rings. The summed E-state index contributed by atoms with van der Waals surface area (Å²) in [7, 11) is 0. The Balaban J connectivity index is 1.45. The number of nitrogens with zero attached hydrogens (tertiary/aromatic N) is 1. The summed E-state index contributed by atoms with van der Waals surface area (Å²) in [6, 6.07) is 7.62. The van der Waals surface area contributed by atoms with Gasteiger partial charge in [-0.1, -0.05) is 38.3 Å². The molecule has 0 aromatic heterocycles. The van der Waals surface area contributed by atoms with E-state index >= 15 is 0 Å². The number of carbonyl (C=O) groups is 1. The minimum absolute atomic E-state index is 0.201. The Kier molecular flexibility index (Phi) is 6.36. The molecule has 0 saturated heterocycles. The zero-order chi connectivity index (χ0) is 22.0. The summed E-state index contributed by atoms with van der Waals surface area (Å²) in [4.78, 5) is 12.7. The van der Waals surface area contributed by atoms with Gasteiger partial charge in [0.05, 0.1) is 5.92 Å². The summed E-state index contributed by atoms with van der Waals surface area (Å²) in [5.41, 5.74) is 4.86. The van der Waals surface area contributed by atoms with E-state index in [0.717, 1.165) is 37.3 Å². The van der Waals surface area contributed by atoms with Gasteiger partial charge in [0.25, 0.3) is 0 Å². The predicted molar refractivity (Wildman–Crippen MR) is 114 cm³/mol. The summed E-state index contributed by atoms with van der Waals surface area (Å²) >= 11 is 0. The highest BCUT2D eigenvalue weighted by Crippen LogP contribution is 2.37. The van der Waals surface area contributed by atoms with Crippen LogP contribution in [0.25, 0.3) is 0 Å². The van der Waals surface area contributed by atoms with Gasteiger partial charge in [-0.05, 0) is 66.7 Å². The molecule has 2 aliphatic carbocycles. The lowest BCUT2D eigenvalue weighted by Gasteiger charge is -2.31. The molecule has 162 valence electrons. The predicted octanol–water partition coefficient (Wildman–Crippen LogP) is 5.84. The van der Waals surface area contributed by atoms with Crippen LogP contribution in [0.1, 0.15) is 66.8 Å². The molecule has 0 radical (unpaired) electrons. The number of carbonyl (C=O) groups excluding carboxylic acids is 1. The summed E-state index contributed by atoms with van der Waals surface area (Å²) in [6.45, 7) is 2.24. The summed E-state index contributed by atoms with van der Waals surface area (Å²) in [6.07, 6.45) is 9.44. The molecule has 2 atom stereocenters. The molecule has 2 aromatic carbocycles. The standard InChI is InChI=1S/C26H27F2NO2/c1-2-3-4-16-5-9-21-17(11-16)6-7-18-12-19(8-10-22(18)21)26(30)31-20-13-24(27)23(15-29)25(28)14-20/h6-7,13-14,16,19H,2-5,8-12H2,1H3/t16-,19-/m0/s1. The third-order valence-corrected chi connectivity index (χ3v) is 6.79. The van der Waals surface area contributed by atoms with Crippen molar-refractivity contribution in [2.24, 2.45) is 11.8 Å². The first-order valence-corrected chi connectivity index (χ1v) is 11.2. The number of hydrogen-bond acceptors (Lipinski definition) is 3. The number of halogens is 2. The van der Waals surface area contributed by atoms with Crippen LogP contribution >= 0.6 is 0 Å². The van der Waals surface area contributed by atoms with Crippen molar-refractivity contribution in [3.05, 3.63) is 63.7 Å². The van der Waals surface area contributed by atoms with Gasteiger partial charge in [0.1, 0.15) is 29.0 Å². The number of nitriles is 1. The highest BCUT2D eigenvalue weighted by molar-refractivity contribution is 5.76. The smallest absolute Gasteiger partial charge is 0.314 e. The maximum atomic E-state index is 13.8. The van der Waals surface area contributed by atoms with Crippen LogP contribution in [-0.4, -0.2) is 5.97 Å². The van der Waals surface area contributed by atoms with Gasteiger partial charge in [0.15, 0.2) is 0 Å². The minimum atomic E-state index is -1.02. The van der Waals surface area contributed by atoms with Crippen molar-refractivity contribution in [2.45, 2.75) is 64.7 Å². The molecule has 0 unspecified atom stereocenters. The maximum absolute atomic E-state index is 13.8. The van der Waals surface area contributed by atoms with Crippen molar-refractivity contribution in [3.63, 3.8) is 0 Å². The zero-order valence-corrected chi connectivity index (χ0v) is 17.8. The van der Waals surface area contributed by atoms with Crippen molar-refractivity contribution < 1.29 is 18.3 Å². The van der Waals surface area contributed by atoms with Crippen LogP contribution in [0.5, 0.6) is 5.75 Å². The molecule has 2 aliphatic rings. The molecule has 0 aliphatic heterocycles. The number of fused-ring (bicyclic) bond motifs is 3. The molecular weight excluding hydrogens is 396 g/mol. The Labute approximate surface area is 182 Å². The average Bonchev–Trinajstić information content (AvgIpc) is 2.76. The Morgan fingerprint density at radius 2 is 1.74 bits per heavy atom. The van der Waals surface area contributed by atoms with Gasteiger partial charge >= 0.3 is 5.97 Å². The van der Waals surface area contributed by atoms with E-state index in [1.165, 1.54) is 54.0 Å². The molecule has 5 heteroatoms. The van der Waals surface area contributed by atoms with Gasteiger partial charge in [0.2, 0.25) is 0 Å². The molecular formula is C26H27F2NO2. The molecule has 0 saturated carbocycles.